The number of ether oxygens (including phenoxy) is 3. The number of benzene rings is 2. The van der Waals surface area contributed by atoms with Gasteiger partial charge in [0.15, 0.2) is 11.5 Å². The molecule has 1 N–H and O–H groups in total. The third kappa shape index (κ3) is 2.39. The Hall–Kier alpha value is -1.94. The van der Waals surface area contributed by atoms with E-state index < -0.39 is 0 Å². The first-order valence-corrected chi connectivity index (χ1v) is 6.58. The molecule has 0 aliphatic rings. The van der Waals surface area contributed by atoms with Crippen LogP contribution in [0.3, 0.4) is 0 Å². The van der Waals surface area contributed by atoms with E-state index in [4.69, 9.17) is 19.3 Å². The molecule has 0 amide bonds. The molecule has 0 radical (unpaired) electrons. The molecule has 2 rings (SSSR count). The van der Waals surface area contributed by atoms with E-state index in [-0.39, 0.29) is 6.61 Å². The third-order valence-electron chi connectivity index (χ3n) is 3.37. The summed E-state index contributed by atoms with van der Waals surface area (Å²) < 4.78 is 16.6. The first-order chi connectivity index (χ1) is 9.78. The summed E-state index contributed by atoms with van der Waals surface area (Å²) in [6.07, 6.45) is 1.32. The Morgan fingerprint density at radius 2 is 1.40 bits per heavy atom. The number of hydrogen-bond acceptors (Lipinski definition) is 4. The van der Waals surface area contributed by atoms with Crippen LogP contribution in [0, 0.1) is 0 Å². The first-order valence-electron chi connectivity index (χ1n) is 6.58. The number of hydrogen-bond donors (Lipinski definition) is 1. The van der Waals surface area contributed by atoms with Gasteiger partial charge in [-0.1, -0.05) is 24.3 Å². The van der Waals surface area contributed by atoms with Gasteiger partial charge in [0.25, 0.3) is 0 Å². The molecule has 108 valence electrons. The van der Waals surface area contributed by atoms with Crippen LogP contribution in [-0.2, 0) is 6.42 Å². The van der Waals surface area contributed by atoms with Crippen LogP contribution < -0.4 is 14.2 Å². The Balaban J connectivity index is 2.79. The van der Waals surface area contributed by atoms with E-state index >= 15 is 0 Å². The number of fused-ring (bicyclic) bond motifs is 1. The molecule has 0 atom stereocenters. The van der Waals surface area contributed by atoms with Crippen LogP contribution in [-0.4, -0.2) is 33.0 Å². The molecule has 0 saturated heterocycles. The molecule has 0 saturated carbocycles. The van der Waals surface area contributed by atoms with Gasteiger partial charge >= 0.3 is 0 Å². The average molecular weight is 276 g/mol. The lowest BCUT2D eigenvalue weighted by Gasteiger charge is -2.19. The Labute approximate surface area is 118 Å². The average Bonchev–Trinajstić information content (AvgIpc) is 2.50. The molecule has 0 bridgehead atoms. The predicted molar refractivity (Wildman–Crippen MR) is 79.0 cm³/mol. The fraction of sp³-hybridized carbons (Fsp3) is 0.375. The SMILES string of the molecule is COc1c(CCCO)c(OC)c2ccccc2c1OC. The van der Waals surface area contributed by atoms with E-state index in [1.165, 1.54) is 0 Å². The normalized spacial score (nSPS) is 10.6. The molecule has 0 aliphatic carbocycles. The van der Waals surface area contributed by atoms with Gasteiger partial charge in [0.05, 0.1) is 21.3 Å². The van der Waals surface area contributed by atoms with Gasteiger partial charge in [0.2, 0.25) is 0 Å². The van der Waals surface area contributed by atoms with Crippen LogP contribution in [0.1, 0.15) is 12.0 Å². The van der Waals surface area contributed by atoms with Gasteiger partial charge in [-0.2, -0.15) is 0 Å². The van der Waals surface area contributed by atoms with E-state index in [2.05, 4.69) is 0 Å². The van der Waals surface area contributed by atoms with Crippen molar-refractivity contribution in [2.45, 2.75) is 12.8 Å². The highest BCUT2D eigenvalue weighted by atomic mass is 16.5. The molecule has 0 aliphatic heterocycles. The van der Waals surface area contributed by atoms with Gasteiger partial charge < -0.3 is 19.3 Å². The van der Waals surface area contributed by atoms with E-state index in [1.807, 2.05) is 24.3 Å². The third-order valence-corrected chi connectivity index (χ3v) is 3.37. The zero-order valence-electron chi connectivity index (χ0n) is 12.1. The highest BCUT2D eigenvalue weighted by molar-refractivity contribution is 5.97. The number of rotatable bonds is 6. The van der Waals surface area contributed by atoms with Gasteiger partial charge in [0.1, 0.15) is 5.75 Å². The Kier molecular flexibility index (Phi) is 4.69. The van der Waals surface area contributed by atoms with Crippen LogP contribution in [0.2, 0.25) is 0 Å². The molecule has 2 aromatic rings. The molecular formula is C16H20O4. The largest absolute Gasteiger partial charge is 0.496 e. The fourth-order valence-electron chi connectivity index (χ4n) is 2.54. The molecule has 0 aromatic heterocycles. The second-order valence-corrected chi connectivity index (χ2v) is 4.45. The lowest BCUT2D eigenvalue weighted by molar-refractivity contribution is 0.286. The molecule has 2 aromatic carbocycles. The second-order valence-electron chi connectivity index (χ2n) is 4.45. The monoisotopic (exact) mass is 276 g/mol. The van der Waals surface area contributed by atoms with Crippen molar-refractivity contribution < 1.29 is 19.3 Å². The second kappa shape index (κ2) is 6.48. The Morgan fingerprint density at radius 3 is 1.90 bits per heavy atom. The number of aliphatic hydroxyl groups is 1. The quantitative estimate of drug-likeness (QED) is 0.881. The maximum Gasteiger partial charge on any atom is 0.169 e. The summed E-state index contributed by atoms with van der Waals surface area (Å²) in [5, 5.41) is 11.0. The highest BCUT2D eigenvalue weighted by Crippen LogP contribution is 2.46. The van der Waals surface area contributed by atoms with Crippen molar-refractivity contribution in [2.75, 3.05) is 27.9 Å². The van der Waals surface area contributed by atoms with Crippen molar-refractivity contribution in [1.29, 1.82) is 0 Å². The molecule has 0 heterocycles. The lowest BCUT2D eigenvalue weighted by atomic mass is 9.99. The van der Waals surface area contributed by atoms with Crippen LogP contribution in [0.5, 0.6) is 17.2 Å². The minimum atomic E-state index is 0.126. The fourth-order valence-corrected chi connectivity index (χ4v) is 2.54. The van der Waals surface area contributed by atoms with E-state index in [0.29, 0.717) is 24.3 Å². The summed E-state index contributed by atoms with van der Waals surface area (Å²) in [6, 6.07) is 7.90. The lowest BCUT2D eigenvalue weighted by Crippen LogP contribution is -2.02. The standard InChI is InChI=1S/C16H20O4/c1-18-14-11-7-4-5-8-12(11)15(19-2)16(20-3)13(14)9-6-10-17/h4-5,7-8,17H,6,9-10H2,1-3H3. The summed E-state index contributed by atoms with van der Waals surface area (Å²) in [6.45, 7) is 0.126. The van der Waals surface area contributed by atoms with Crippen molar-refractivity contribution >= 4 is 10.8 Å². The maximum absolute atomic E-state index is 9.08. The molecular weight excluding hydrogens is 256 g/mol. The van der Waals surface area contributed by atoms with Gasteiger partial charge in [-0.15, -0.1) is 0 Å². The van der Waals surface area contributed by atoms with Crippen LogP contribution >= 0.6 is 0 Å². The van der Waals surface area contributed by atoms with E-state index in [0.717, 1.165) is 22.1 Å². The highest BCUT2D eigenvalue weighted by Gasteiger charge is 2.20. The van der Waals surface area contributed by atoms with E-state index in [9.17, 15) is 0 Å². The van der Waals surface area contributed by atoms with Crippen molar-refractivity contribution in [3.8, 4) is 17.2 Å². The van der Waals surface area contributed by atoms with Crippen molar-refractivity contribution in [3.05, 3.63) is 29.8 Å². The van der Waals surface area contributed by atoms with E-state index in [1.54, 1.807) is 21.3 Å². The predicted octanol–water partition coefficient (Wildman–Crippen LogP) is 2.79. The van der Waals surface area contributed by atoms with Gasteiger partial charge in [-0.05, 0) is 12.8 Å². The molecule has 0 unspecified atom stereocenters. The molecule has 20 heavy (non-hydrogen) atoms. The summed E-state index contributed by atoms with van der Waals surface area (Å²) in [4.78, 5) is 0. The van der Waals surface area contributed by atoms with Crippen molar-refractivity contribution in [1.82, 2.24) is 0 Å². The Morgan fingerprint density at radius 1 is 0.850 bits per heavy atom. The van der Waals surface area contributed by atoms with Gasteiger partial charge in [0, 0.05) is 22.9 Å². The smallest absolute Gasteiger partial charge is 0.169 e. The number of methoxy groups -OCH3 is 3. The Bertz CT molecular complexity index is 593. The van der Waals surface area contributed by atoms with Gasteiger partial charge in [-0.3, -0.25) is 0 Å². The van der Waals surface area contributed by atoms with Crippen LogP contribution in [0.25, 0.3) is 10.8 Å². The molecule has 4 heteroatoms. The molecule has 4 nitrogen and oxygen atoms in total. The first kappa shape index (κ1) is 14.5. The summed E-state index contributed by atoms with van der Waals surface area (Å²) >= 11 is 0. The minimum absolute atomic E-state index is 0.126. The topological polar surface area (TPSA) is 47.9 Å². The van der Waals surface area contributed by atoms with Crippen LogP contribution in [0.4, 0.5) is 0 Å². The summed E-state index contributed by atoms with van der Waals surface area (Å²) in [7, 11) is 4.90. The van der Waals surface area contributed by atoms with Crippen LogP contribution in [0.15, 0.2) is 24.3 Å². The van der Waals surface area contributed by atoms with Crippen molar-refractivity contribution in [2.24, 2.45) is 0 Å². The van der Waals surface area contributed by atoms with Gasteiger partial charge in [-0.25, -0.2) is 0 Å². The molecule has 0 spiro atoms. The minimum Gasteiger partial charge on any atom is -0.496 e. The maximum atomic E-state index is 9.08. The summed E-state index contributed by atoms with van der Waals surface area (Å²) in [5.74, 6) is 2.17. The van der Waals surface area contributed by atoms with Crippen molar-refractivity contribution in [3.63, 3.8) is 0 Å². The zero-order valence-corrected chi connectivity index (χ0v) is 12.1. The summed E-state index contributed by atoms with van der Waals surface area (Å²) in [5.41, 5.74) is 0.930. The zero-order chi connectivity index (χ0) is 14.5. The molecule has 0 fully saturated rings. The number of aliphatic hydroxyl groups excluding tert-OH is 1.